The van der Waals surface area contributed by atoms with Crippen molar-refractivity contribution in [3.63, 3.8) is 0 Å². The molecule has 0 fully saturated rings. The number of carbonyl (C=O) groups is 1. The normalized spacial score (nSPS) is 17.6. The Kier molecular flexibility index (Phi) is 5.61. The highest BCUT2D eigenvalue weighted by molar-refractivity contribution is 6.31. The average molecular weight is 433 g/mol. The van der Waals surface area contributed by atoms with Gasteiger partial charge in [0.1, 0.15) is 18.1 Å². The van der Waals surface area contributed by atoms with E-state index in [4.69, 9.17) is 17.3 Å². The van der Waals surface area contributed by atoms with Gasteiger partial charge < -0.3 is 21.0 Å². The Labute approximate surface area is 187 Å². The van der Waals surface area contributed by atoms with Gasteiger partial charge in [-0.2, -0.15) is 0 Å². The Hall–Kier alpha value is -3.08. The van der Waals surface area contributed by atoms with Crippen molar-refractivity contribution in [1.29, 1.82) is 0 Å². The lowest BCUT2D eigenvalue weighted by molar-refractivity contribution is -0.107. The maximum absolute atomic E-state index is 11.9. The molecule has 1 heterocycles. The van der Waals surface area contributed by atoms with Gasteiger partial charge in [-0.15, -0.1) is 0 Å². The first-order valence-electron chi connectivity index (χ1n) is 10.3. The van der Waals surface area contributed by atoms with Gasteiger partial charge in [-0.25, -0.2) is 0 Å². The van der Waals surface area contributed by atoms with Crippen LogP contribution in [0, 0.1) is 5.92 Å². The molecule has 0 aromatic heterocycles. The minimum absolute atomic E-state index is 0.0616. The van der Waals surface area contributed by atoms with Crippen LogP contribution in [0.25, 0.3) is 11.3 Å². The lowest BCUT2D eigenvalue weighted by Crippen LogP contribution is -2.43. The predicted molar refractivity (Wildman–Crippen MR) is 127 cm³/mol. The Morgan fingerprint density at radius 3 is 2.42 bits per heavy atom. The molecule has 0 aliphatic carbocycles. The molecule has 0 spiro atoms. The van der Waals surface area contributed by atoms with E-state index in [-0.39, 0.29) is 11.7 Å². The van der Waals surface area contributed by atoms with Gasteiger partial charge in [0.2, 0.25) is 0 Å². The number of aliphatic hydroxyl groups is 1. The minimum atomic E-state index is -0.725. The highest BCUT2D eigenvalue weighted by Gasteiger charge is 2.34. The molecule has 3 aromatic carbocycles. The van der Waals surface area contributed by atoms with Crippen LogP contribution in [0.2, 0.25) is 5.02 Å². The van der Waals surface area contributed by atoms with Crippen molar-refractivity contribution in [2.75, 3.05) is 5.32 Å². The van der Waals surface area contributed by atoms with E-state index < -0.39 is 11.6 Å². The lowest BCUT2D eigenvalue weighted by Gasteiger charge is -2.35. The van der Waals surface area contributed by atoms with E-state index in [2.05, 4.69) is 19.2 Å². The minimum Gasteiger partial charge on any atom is -0.507 e. The number of hydrogen-bond acceptors (Lipinski definition) is 4. The first kappa shape index (κ1) is 21.2. The quantitative estimate of drug-likeness (QED) is 0.457. The molecule has 0 amide bonds. The molecule has 1 aliphatic heterocycles. The van der Waals surface area contributed by atoms with Crippen molar-refractivity contribution in [2.24, 2.45) is 11.7 Å². The second-order valence-electron chi connectivity index (χ2n) is 8.18. The van der Waals surface area contributed by atoms with Gasteiger partial charge >= 0.3 is 0 Å². The number of anilines is 1. The topological polar surface area (TPSA) is 75.3 Å². The molecule has 4 nitrogen and oxygen atoms in total. The van der Waals surface area contributed by atoms with Gasteiger partial charge in [0, 0.05) is 21.8 Å². The molecule has 0 bridgehead atoms. The molecule has 0 saturated heterocycles. The van der Waals surface area contributed by atoms with Crippen molar-refractivity contribution in [2.45, 2.75) is 25.4 Å². The summed E-state index contributed by atoms with van der Waals surface area (Å²) in [5.41, 5.74) is 10.7. The number of rotatable bonds is 5. The summed E-state index contributed by atoms with van der Waals surface area (Å²) in [6.07, 6.45) is 0.789. The first-order valence-corrected chi connectivity index (χ1v) is 10.6. The Balaban J connectivity index is 1.88. The number of nitrogens with two attached hydrogens (primary N) is 1. The van der Waals surface area contributed by atoms with Crippen LogP contribution >= 0.6 is 11.6 Å². The summed E-state index contributed by atoms with van der Waals surface area (Å²) in [4.78, 5) is 11.9. The number of hydrogen-bond donors (Lipinski definition) is 3. The molecule has 2 unspecified atom stereocenters. The fourth-order valence-corrected chi connectivity index (χ4v) is 4.46. The average Bonchev–Trinajstić information content (AvgIpc) is 2.78. The number of nitrogens with one attached hydrogen (secondary N) is 1. The standard InChI is InChI=1S/C26H25ClN2O2/c1-16(2)26(28,18-8-4-3-5-9-18)19-10-6-7-17(13-19)24-23(15-30)29-22-14-20(27)11-12-21(22)25(24)31/h3-16,23,29,31H,28H2,1-2H3. The fraction of sp³-hybridized carbons (Fsp3) is 0.192. The molecule has 2 atom stereocenters. The van der Waals surface area contributed by atoms with Crippen LogP contribution in [0.5, 0.6) is 0 Å². The Bertz CT molecular complexity index is 1160. The number of benzene rings is 3. The molecule has 4 rings (SSSR count). The fourth-order valence-electron chi connectivity index (χ4n) is 4.28. The van der Waals surface area contributed by atoms with E-state index in [1.165, 1.54) is 0 Å². The molecule has 158 valence electrons. The van der Waals surface area contributed by atoms with E-state index in [1.807, 2.05) is 54.6 Å². The van der Waals surface area contributed by atoms with Crippen molar-refractivity contribution >= 4 is 34.9 Å². The third-order valence-corrected chi connectivity index (χ3v) is 6.30. The number of fused-ring (bicyclic) bond motifs is 1. The SMILES string of the molecule is CC(C)C(N)(c1ccccc1)c1cccc(C2=C(O)c3ccc(Cl)cc3NC2C=O)c1. The second-order valence-corrected chi connectivity index (χ2v) is 8.62. The van der Waals surface area contributed by atoms with Crippen LogP contribution < -0.4 is 11.1 Å². The molecule has 0 saturated carbocycles. The number of aliphatic hydroxyl groups excluding tert-OH is 1. The highest BCUT2D eigenvalue weighted by atomic mass is 35.5. The molecule has 1 aliphatic rings. The summed E-state index contributed by atoms with van der Waals surface area (Å²) >= 11 is 6.09. The van der Waals surface area contributed by atoms with Crippen LogP contribution in [-0.4, -0.2) is 17.4 Å². The molecule has 31 heavy (non-hydrogen) atoms. The zero-order valence-electron chi connectivity index (χ0n) is 17.5. The number of aldehydes is 1. The van der Waals surface area contributed by atoms with Gasteiger partial charge in [-0.05, 0) is 46.9 Å². The van der Waals surface area contributed by atoms with Crippen molar-refractivity contribution in [3.05, 3.63) is 100 Å². The molecule has 3 aromatic rings. The highest BCUT2D eigenvalue weighted by Crippen LogP contribution is 2.40. The zero-order valence-corrected chi connectivity index (χ0v) is 18.2. The van der Waals surface area contributed by atoms with Crippen LogP contribution in [0.1, 0.15) is 36.1 Å². The third kappa shape index (κ3) is 3.62. The summed E-state index contributed by atoms with van der Waals surface area (Å²) < 4.78 is 0. The molecule has 4 N–H and O–H groups in total. The molecule has 5 heteroatoms. The molecular formula is C26H25ClN2O2. The molecule has 0 radical (unpaired) electrons. The van der Waals surface area contributed by atoms with E-state index in [0.717, 1.165) is 23.0 Å². The Morgan fingerprint density at radius 1 is 1.03 bits per heavy atom. The van der Waals surface area contributed by atoms with Crippen molar-refractivity contribution in [1.82, 2.24) is 0 Å². The van der Waals surface area contributed by atoms with Crippen molar-refractivity contribution < 1.29 is 9.90 Å². The smallest absolute Gasteiger partial charge is 0.146 e. The van der Waals surface area contributed by atoms with Gasteiger partial charge in [0.15, 0.2) is 0 Å². The Morgan fingerprint density at radius 2 is 1.74 bits per heavy atom. The summed E-state index contributed by atoms with van der Waals surface area (Å²) in [5, 5.41) is 14.8. The summed E-state index contributed by atoms with van der Waals surface area (Å²) in [7, 11) is 0. The van der Waals surface area contributed by atoms with E-state index in [0.29, 0.717) is 21.8 Å². The first-order chi connectivity index (χ1) is 14.9. The maximum atomic E-state index is 11.9. The van der Waals surface area contributed by atoms with Crippen LogP contribution in [0.4, 0.5) is 5.69 Å². The van der Waals surface area contributed by atoms with Crippen LogP contribution in [0.3, 0.4) is 0 Å². The third-order valence-electron chi connectivity index (χ3n) is 6.06. The van der Waals surface area contributed by atoms with Crippen LogP contribution in [0.15, 0.2) is 72.8 Å². The largest absolute Gasteiger partial charge is 0.507 e. The second kappa shape index (κ2) is 8.22. The van der Waals surface area contributed by atoms with Crippen LogP contribution in [-0.2, 0) is 10.3 Å². The van der Waals surface area contributed by atoms with Gasteiger partial charge in [0.05, 0.1) is 5.54 Å². The summed E-state index contributed by atoms with van der Waals surface area (Å²) in [5.74, 6) is 0.175. The monoisotopic (exact) mass is 432 g/mol. The predicted octanol–water partition coefficient (Wildman–Crippen LogP) is 5.62. The summed E-state index contributed by atoms with van der Waals surface area (Å²) in [6.45, 7) is 4.18. The lowest BCUT2D eigenvalue weighted by atomic mass is 9.74. The number of halogens is 1. The maximum Gasteiger partial charge on any atom is 0.146 e. The number of carbonyl (C=O) groups excluding carboxylic acids is 1. The molecular weight excluding hydrogens is 408 g/mol. The van der Waals surface area contributed by atoms with E-state index >= 15 is 0 Å². The van der Waals surface area contributed by atoms with Gasteiger partial charge in [-0.1, -0.05) is 74.0 Å². The van der Waals surface area contributed by atoms with E-state index in [9.17, 15) is 9.90 Å². The van der Waals surface area contributed by atoms with Gasteiger partial charge in [0.25, 0.3) is 0 Å². The zero-order chi connectivity index (χ0) is 22.2. The van der Waals surface area contributed by atoms with Gasteiger partial charge in [-0.3, -0.25) is 0 Å². The summed E-state index contributed by atoms with van der Waals surface area (Å²) in [6, 6.07) is 22.2. The van der Waals surface area contributed by atoms with Crippen molar-refractivity contribution in [3.8, 4) is 0 Å². The van der Waals surface area contributed by atoms with E-state index in [1.54, 1.807) is 18.2 Å².